The van der Waals surface area contributed by atoms with Crippen LogP contribution in [0, 0.1) is 0 Å². The van der Waals surface area contributed by atoms with E-state index in [9.17, 15) is 4.79 Å². The first-order valence-corrected chi connectivity index (χ1v) is 13.2. The van der Waals surface area contributed by atoms with Gasteiger partial charge in [-0.2, -0.15) is 0 Å². The van der Waals surface area contributed by atoms with E-state index in [4.69, 9.17) is 4.98 Å². The Bertz CT molecular complexity index is 1250. The van der Waals surface area contributed by atoms with E-state index in [-0.39, 0.29) is 5.91 Å². The Morgan fingerprint density at radius 1 is 1.12 bits per heavy atom. The fourth-order valence-electron chi connectivity index (χ4n) is 4.42. The van der Waals surface area contributed by atoms with E-state index >= 15 is 0 Å². The normalized spacial score (nSPS) is 18.7. The van der Waals surface area contributed by atoms with Gasteiger partial charge in [0.2, 0.25) is 5.91 Å². The van der Waals surface area contributed by atoms with Crippen molar-refractivity contribution in [3.8, 4) is 11.4 Å². The predicted molar refractivity (Wildman–Crippen MR) is 130 cm³/mol. The largest absolute Gasteiger partial charge is 0.341 e. The molecule has 1 saturated heterocycles. The van der Waals surface area contributed by atoms with Gasteiger partial charge in [-0.05, 0) is 49.9 Å². The van der Waals surface area contributed by atoms with E-state index in [2.05, 4.69) is 37.9 Å². The summed E-state index contributed by atoms with van der Waals surface area (Å²) in [7, 11) is 0. The summed E-state index contributed by atoms with van der Waals surface area (Å²) in [6, 6.07) is 12.6. The Balaban J connectivity index is 1.14. The highest BCUT2D eigenvalue weighted by atomic mass is 32.2. The molecule has 2 aliphatic rings. The predicted octanol–water partition coefficient (Wildman–Crippen LogP) is 4.78. The molecule has 1 aliphatic carbocycles. The Morgan fingerprint density at radius 2 is 2.03 bits per heavy atom. The number of thiazole rings is 1. The van der Waals surface area contributed by atoms with Gasteiger partial charge in [0.25, 0.3) is 0 Å². The summed E-state index contributed by atoms with van der Waals surface area (Å²) < 4.78 is 3.41. The maximum Gasteiger partial charge on any atom is 0.233 e. The van der Waals surface area contributed by atoms with E-state index in [1.54, 1.807) is 17.5 Å². The summed E-state index contributed by atoms with van der Waals surface area (Å²) in [5.74, 6) is 1.70. The molecule has 7 nitrogen and oxygen atoms in total. The second-order valence-electron chi connectivity index (χ2n) is 8.64. The minimum atomic E-state index is 0.166. The van der Waals surface area contributed by atoms with Gasteiger partial charge in [-0.15, -0.1) is 21.5 Å². The molecule has 9 heteroatoms. The molecule has 0 spiro atoms. The van der Waals surface area contributed by atoms with Crippen molar-refractivity contribution in [2.24, 2.45) is 0 Å². The molecule has 1 amide bonds. The van der Waals surface area contributed by atoms with Crippen LogP contribution in [0.2, 0.25) is 0 Å². The van der Waals surface area contributed by atoms with Gasteiger partial charge in [0.05, 0.1) is 21.0 Å². The first-order chi connectivity index (χ1) is 16.3. The molecule has 0 N–H and O–H groups in total. The van der Waals surface area contributed by atoms with E-state index < -0.39 is 0 Å². The number of carbonyl (C=O) groups excluding carboxylic acids is 1. The first kappa shape index (κ1) is 20.8. The molecule has 168 valence electrons. The number of amides is 1. The van der Waals surface area contributed by atoms with Crippen LogP contribution in [0.25, 0.3) is 21.6 Å². The zero-order chi connectivity index (χ0) is 22.2. The van der Waals surface area contributed by atoms with Crippen molar-refractivity contribution in [3.05, 3.63) is 53.8 Å². The van der Waals surface area contributed by atoms with Gasteiger partial charge in [-0.3, -0.25) is 14.3 Å². The van der Waals surface area contributed by atoms with Gasteiger partial charge in [0, 0.05) is 43.0 Å². The maximum absolute atomic E-state index is 13.1. The van der Waals surface area contributed by atoms with Gasteiger partial charge in [0.15, 0.2) is 11.0 Å². The van der Waals surface area contributed by atoms with Crippen LogP contribution in [-0.4, -0.2) is 54.4 Å². The highest BCUT2D eigenvalue weighted by molar-refractivity contribution is 7.99. The summed E-state index contributed by atoms with van der Waals surface area (Å²) in [4.78, 5) is 24.2. The third kappa shape index (κ3) is 4.27. The van der Waals surface area contributed by atoms with Gasteiger partial charge >= 0.3 is 0 Å². The lowest BCUT2D eigenvalue weighted by Gasteiger charge is -2.31. The number of likely N-dealkylation sites (tertiary alicyclic amines) is 1. The van der Waals surface area contributed by atoms with Crippen LogP contribution >= 0.6 is 23.1 Å². The number of thioether (sulfide) groups is 1. The molecule has 6 rings (SSSR count). The van der Waals surface area contributed by atoms with Crippen LogP contribution in [-0.2, 0) is 4.79 Å². The van der Waals surface area contributed by atoms with Crippen LogP contribution < -0.4 is 0 Å². The second-order valence-corrected chi connectivity index (χ2v) is 10.6. The third-order valence-corrected chi connectivity index (χ3v) is 8.38. The number of nitrogens with zero attached hydrogens (tertiary/aromatic N) is 6. The molecule has 1 atom stereocenters. The fraction of sp³-hybridized carbons (Fsp3) is 0.375. The van der Waals surface area contributed by atoms with Gasteiger partial charge in [-0.1, -0.05) is 23.9 Å². The van der Waals surface area contributed by atoms with Crippen molar-refractivity contribution in [2.45, 2.75) is 42.8 Å². The number of carbonyl (C=O) groups is 1. The zero-order valence-corrected chi connectivity index (χ0v) is 19.8. The average Bonchev–Trinajstić information content (AvgIpc) is 3.46. The van der Waals surface area contributed by atoms with Crippen LogP contribution in [0.5, 0.6) is 0 Å². The van der Waals surface area contributed by atoms with Crippen LogP contribution in [0.15, 0.2) is 53.9 Å². The first-order valence-electron chi connectivity index (χ1n) is 11.4. The molecule has 4 aromatic rings. The molecular formula is C24H24N6OS2. The van der Waals surface area contributed by atoms with Crippen LogP contribution in [0.3, 0.4) is 0 Å². The maximum atomic E-state index is 13.1. The zero-order valence-electron chi connectivity index (χ0n) is 18.1. The third-order valence-electron chi connectivity index (χ3n) is 6.25. The number of rotatable bonds is 6. The van der Waals surface area contributed by atoms with Crippen LogP contribution in [0.1, 0.15) is 42.7 Å². The molecule has 2 fully saturated rings. The number of piperidine rings is 1. The summed E-state index contributed by atoms with van der Waals surface area (Å²) in [6.07, 6.45) is 7.93. The Morgan fingerprint density at radius 3 is 2.85 bits per heavy atom. The number of fused-ring (bicyclic) bond motifs is 1. The standard InChI is InChI=1S/C24H24N6OS2/c31-21(29-12-4-6-17(14-29)23-26-19-7-1-2-8-20(19)33-23)15-32-24-28-27-22(30(24)18-9-10-18)16-5-3-11-25-13-16/h1-3,5,7-8,11,13,17-18H,4,6,9-10,12,14-15H2. The topological polar surface area (TPSA) is 76.8 Å². The Kier molecular flexibility index (Phi) is 5.59. The SMILES string of the molecule is O=C(CSc1nnc(-c2cccnc2)n1C1CC1)N1CCCC(c2nc3ccccc3s2)C1. The van der Waals surface area contributed by atoms with Gasteiger partial charge in [-0.25, -0.2) is 4.98 Å². The molecule has 1 aliphatic heterocycles. The van der Waals surface area contributed by atoms with Crippen molar-refractivity contribution < 1.29 is 4.79 Å². The quantitative estimate of drug-likeness (QED) is 0.373. The fourth-order valence-corrected chi connectivity index (χ4v) is 6.42. The Labute approximate surface area is 200 Å². The monoisotopic (exact) mass is 476 g/mol. The van der Waals surface area contributed by atoms with Crippen molar-refractivity contribution >= 4 is 39.2 Å². The molecule has 1 unspecified atom stereocenters. The summed E-state index contributed by atoms with van der Waals surface area (Å²) in [6.45, 7) is 1.56. The van der Waals surface area contributed by atoms with E-state index in [1.807, 2.05) is 29.3 Å². The van der Waals surface area contributed by atoms with E-state index in [0.717, 1.165) is 65.8 Å². The molecule has 4 heterocycles. The summed E-state index contributed by atoms with van der Waals surface area (Å²) >= 11 is 3.26. The molecule has 0 bridgehead atoms. The number of hydrogen-bond acceptors (Lipinski definition) is 7. The number of pyridine rings is 1. The smallest absolute Gasteiger partial charge is 0.233 e. The number of hydrogen-bond donors (Lipinski definition) is 0. The molecule has 1 aromatic carbocycles. The van der Waals surface area contributed by atoms with Gasteiger partial charge < -0.3 is 4.90 Å². The molecule has 33 heavy (non-hydrogen) atoms. The summed E-state index contributed by atoms with van der Waals surface area (Å²) in [5.41, 5.74) is 2.02. The lowest BCUT2D eigenvalue weighted by Crippen LogP contribution is -2.40. The van der Waals surface area contributed by atoms with E-state index in [1.165, 1.54) is 16.5 Å². The molecule has 0 radical (unpaired) electrons. The van der Waals surface area contributed by atoms with Crippen molar-refractivity contribution in [1.82, 2.24) is 29.6 Å². The van der Waals surface area contributed by atoms with E-state index in [0.29, 0.717) is 17.7 Å². The molecular weight excluding hydrogens is 452 g/mol. The van der Waals surface area contributed by atoms with Gasteiger partial charge in [0.1, 0.15) is 0 Å². The Hall–Kier alpha value is -2.78. The highest BCUT2D eigenvalue weighted by Crippen LogP contribution is 2.41. The lowest BCUT2D eigenvalue weighted by molar-refractivity contribution is -0.129. The number of benzene rings is 1. The molecule has 1 saturated carbocycles. The number of aromatic nitrogens is 5. The van der Waals surface area contributed by atoms with Crippen molar-refractivity contribution in [2.75, 3.05) is 18.8 Å². The van der Waals surface area contributed by atoms with Crippen molar-refractivity contribution in [3.63, 3.8) is 0 Å². The minimum Gasteiger partial charge on any atom is -0.341 e. The molecule has 3 aromatic heterocycles. The average molecular weight is 477 g/mol. The van der Waals surface area contributed by atoms with Crippen molar-refractivity contribution in [1.29, 1.82) is 0 Å². The second kappa shape index (κ2) is 8.87. The number of para-hydroxylation sites is 1. The van der Waals surface area contributed by atoms with Crippen LogP contribution in [0.4, 0.5) is 0 Å². The highest BCUT2D eigenvalue weighted by Gasteiger charge is 2.31. The minimum absolute atomic E-state index is 0.166. The lowest BCUT2D eigenvalue weighted by atomic mass is 9.99. The summed E-state index contributed by atoms with van der Waals surface area (Å²) in [5, 5.41) is 10.8.